The highest BCUT2D eigenvalue weighted by atomic mass is 16.5. The molecule has 2 amide bonds. The van der Waals surface area contributed by atoms with Crippen molar-refractivity contribution in [2.24, 2.45) is 0 Å². The molecule has 1 saturated heterocycles. The number of furan rings is 1. The molecule has 7 nitrogen and oxygen atoms in total. The van der Waals surface area contributed by atoms with E-state index in [0.717, 1.165) is 6.42 Å². The van der Waals surface area contributed by atoms with Gasteiger partial charge in [-0.15, -0.1) is 0 Å². The zero-order valence-electron chi connectivity index (χ0n) is 12.7. The molecule has 1 N–H and O–H groups in total. The molecule has 0 saturated carbocycles. The van der Waals surface area contributed by atoms with E-state index in [1.165, 1.54) is 18.3 Å². The first kappa shape index (κ1) is 16.1. The number of methoxy groups -OCH3 is 1. The van der Waals surface area contributed by atoms with E-state index in [0.29, 0.717) is 13.0 Å². The van der Waals surface area contributed by atoms with E-state index >= 15 is 0 Å². The Labute approximate surface area is 128 Å². The maximum Gasteiger partial charge on any atom is 0.307 e. The van der Waals surface area contributed by atoms with Gasteiger partial charge in [0.25, 0.3) is 5.91 Å². The summed E-state index contributed by atoms with van der Waals surface area (Å²) in [7, 11) is 1.30. The third-order valence-electron chi connectivity index (χ3n) is 3.64. The van der Waals surface area contributed by atoms with Gasteiger partial charge in [0.1, 0.15) is 6.04 Å². The first-order valence-electron chi connectivity index (χ1n) is 7.24. The molecule has 0 radical (unpaired) electrons. The monoisotopic (exact) mass is 308 g/mol. The van der Waals surface area contributed by atoms with Crippen molar-refractivity contribution in [3.05, 3.63) is 24.2 Å². The van der Waals surface area contributed by atoms with Crippen LogP contribution in [0.25, 0.3) is 0 Å². The van der Waals surface area contributed by atoms with Gasteiger partial charge in [-0.2, -0.15) is 0 Å². The fourth-order valence-corrected chi connectivity index (χ4v) is 2.55. The minimum Gasteiger partial charge on any atom is -0.469 e. The van der Waals surface area contributed by atoms with E-state index in [2.05, 4.69) is 10.1 Å². The Kier molecular flexibility index (Phi) is 5.19. The lowest BCUT2D eigenvalue weighted by Gasteiger charge is -2.24. The molecule has 2 atom stereocenters. The molecule has 120 valence electrons. The van der Waals surface area contributed by atoms with Gasteiger partial charge in [-0.25, -0.2) is 0 Å². The van der Waals surface area contributed by atoms with Crippen molar-refractivity contribution in [3.63, 3.8) is 0 Å². The Hall–Kier alpha value is -2.31. The second-order valence-electron chi connectivity index (χ2n) is 5.32. The van der Waals surface area contributed by atoms with Crippen LogP contribution in [0, 0.1) is 0 Å². The van der Waals surface area contributed by atoms with Crippen LogP contribution >= 0.6 is 0 Å². The summed E-state index contributed by atoms with van der Waals surface area (Å²) in [6.45, 7) is 2.24. The third-order valence-corrected chi connectivity index (χ3v) is 3.64. The Morgan fingerprint density at radius 1 is 1.50 bits per heavy atom. The van der Waals surface area contributed by atoms with E-state index in [1.807, 2.05) is 0 Å². The van der Waals surface area contributed by atoms with Gasteiger partial charge < -0.3 is 19.4 Å². The average Bonchev–Trinajstić information content (AvgIpc) is 3.17. The van der Waals surface area contributed by atoms with Crippen LogP contribution in [-0.2, 0) is 14.3 Å². The van der Waals surface area contributed by atoms with Gasteiger partial charge in [-0.05, 0) is 31.9 Å². The van der Waals surface area contributed by atoms with E-state index in [4.69, 9.17) is 4.42 Å². The number of nitrogens with one attached hydrogen (secondary N) is 1. The fourth-order valence-electron chi connectivity index (χ4n) is 2.55. The number of rotatable bonds is 5. The quantitative estimate of drug-likeness (QED) is 0.818. The Balaban J connectivity index is 1.96. The van der Waals surface area contributed by atoms with Crippen LogP contribution < -0.4 is 5.32 Å². The molecular weight excluding hydrogens is 288 g/mol. The van der Waals surface area contributed by atoms with Crippen LogP contribution in [0.4, 0.5) is 0 Å². The fraction of sp³-hybridized carbons (Fsp3) is 0.533. The van der Waals surface area contributed by atoms with Gasteiger partial charge in [-0.3, -0.25) is 14.4 Å². The molecule has 2 rings (SSSR count). The number of amides is 2. The van der Waals surface area contributed by atoms with Gasteiger partial charge in [0, 0.05) is 12.6 Å². The topological polar surface area (TPSA) is 88.9 Å². The molecule has 1 aliphatic rings. The van der Waals surface area contributed by atoms with Crippen molar-refractivity contribution < 1.29 is 23.5 Å². The van der Waals surface area contributed by atoms with E-state index in [1.54, 1.807) is 19.1 Å². The van der Waals surface area contributed by atoms with E-state index in [-0.39, 0.29) is 36.0 Å². The average molecular weight is 308 g/mol. The van der Waals surface area contributed by atoms with Crippen LogP contribution in [0.1, 0.15) is 36.7 Å². The van der Waals surface area contributed by atoms with Crippen LogP contribution in [0.3, 0.4) is 0 Å². The maximum atomic E-state index is 12.3. The Bertz CT molecular complexity index is 540. The highest BCUT2D eigenvalue weighted by Crippen LogP contribution is 2.20. The summed E-state index contributed by atoms with van der Waals surface area (Å²) in [5, 5.41) is 2.75. The summed E-state index contributed by atoms with van der Waals surface area (Å²) in [6.07, 6.45) is 2.89. The number of carbonyl (C=O) groups is 3. The molecule has 1 aromatic heterocycles. The number of nitrogens with zero attached hydrogens (tertiary/aromatic N) is 1. The number of hydrogen-bond donors (Lipinski definition) is 1. The highest BCUT2D eigenvalue weighted by molar-refractivity contribution is 5.96. The van der Waals surface area contributed by atoms with Crippen LogP contribution in [0.2, 0.25) is 0 Å². The standard InChI is InChI=1S/C15H20N2O5/c1-10(9-13(18)21-2)16-14(19)11-5-3-7-17(11)15(20)12-6-4-8-22-12/h4,6,8,10-11H,3,5,7,9H2,1-2H3,(H,16,19). The molecule has 1 fully saturated rings. The zero-order chi connectivity index (χ0) is 16.1. The van der Waals surface area contributed by atoms with Gasteiger partial charge in [0.2, 0.25) is 5.91 Å². The lowest BCUT2D eigenvalue weighted by Crippen LogP contribution is -2.48. The van der Waals surface area contributed by atoms with Crippen molar-refractivity contribution in [1.82, 2.24) is 10.2 Å². The number of hydrogen-bond acceptors (Lipinski definition) is 5. The predicted molar refractivity (Wildman–Crippen MR) is 77.0 cm³/mol. The highest BCUT2D eigenvalue weighted by Gasteiger charge is 2.35. The lowest BCUT2D eigenvalue weighted by atomic mass is 10.1. The van der Waals surface area contributed by atoms with Crippen molar-refractivity contribution in [2.75, 3.05) is 13.7 Å². The Morgan fingerprint density at radius 3 is 2.91 bits per heavy atom. The van der Waals surface area contributed by atoms with Gasteiger partial charge in [0.15, 0.2) is 5.76 Å². The lowest BCUT2D eigenvalue weighted by molar-refractivity contribution is -0.141. The molecule has 0 aliphatic carbocycles. The number of ether oxygens (including phenoxy) is 1. The molecule has 22 heavy (non-hydrogen) atoms. The summed E-state index contributed by atoms with van der Waals surface area (Å²) < 4.78 is 9.67. The smallest absolute Gasteiger partial charge is 0.307 e. The van der Waals surface area contributed by atoms with Crippen LogP contribution in [0.15, 0.2) is 22.8 Å². The molecule has 0 spiro atoms. The minimum atomic E-state index is -0.530. The predicted octanol–water partition coefficient (Wildman–Crippen LogP) is 0.952. The summed E-state index contributed by atoms with van der Waals surface area (Å²) in [5.74, 6) is -0.706. The van der Waals surface area contributed by atoms with Crippen molar-refractivity contribution in [2.45, 2.75) is 38.3 Å². The largest absolute Gasteiger partial charge is 0.469 e. The summed E-state index contributed by atoms with van der Waals surface area (Å²) in [4.78, 5) is 37.3. The van der Waals surface area contributed by atoms with Crippen molar-refractivity contribution in [3.8, 4) is 0 Å². The Morgan fingerprint density at radius 2 is 2.27 bits per heavy atom. The SMILES string of the molecule is COC(=O)CC(C)NC(=O)C1CCCN1C(=O)c1ccco1. The second kappa shape index (κ2) is 7.11. The van der Waals surface area contributed by atoms with Gasteiger partial charge in [-0.1, -0.05) is 0 Å². The molecule has 1 aliphatic heterocycles. The summed E-state index contributed by atoms with van der Waals surface area (Å²) >= 11 is 0. The molecular formula is C15H20N2O5. The minimum absolute atomic E-state index is 0.0983. The summed E-state index contributed by atoms with van der Waals surface area (Å²) in [5.41, 5.74) is 0. The van der Waals surface area contributed by atoms with Crippen molar-refractivity contribution >= 4 is 17.8 Å². The molecule has 0 bridgehead atoms. The first-order valence-corrected chi connectivity index (χ1v) is 7.24. The van der Waals surface area contributed by atoms with E-state index < -0.39 is 6.04 Å². The molecule has 1 aromatic rings. The molecule has 7 heteroatoms. The second-order valence-corrected chi connectivity index (χ2v) is 5.32. The van der Waals surface area contributed by atoms with Gasteiger partial charge >= 0.3 is 5.97 Å². The third kappa shape index (κ3) is 3.66. The normalized spacial score (nSPS) is 18.8. The van der Waals surface area contributed by atoms with Crippen LogP contribution in [0.5, 0.6) is 0 Å². The zero-order valence-corrected chi connectivity index (χ0v) is 12.7. The first-order chi connectivity index (χ1) is 10.5. The molecule has 2 heterocycles. The molecule has 2 unspecified atom stereocenters. The van der Waals surface area contributed by atoms with Crippen LogP contribution in [-0.4, -0.2) is 48.4 Å². The van der Waals surface area contributed by atoms with Gasteiger partial charge in [0.05, 0.1) is 19.8 Å². The summed E-state index contributed by atoms with van der Waals surface area (Å²) in [6, 6.07) is 2.34. The number of esters is 1. The number of carbonyl (C=O) groups excluding carboxylic acids is 3. The van der Waals surface area contributed by atoms with E-state index in [9.17, 15) is 14.4 Å². The molecule has 0 aromatic carbocycles. The number of likely N-dealkylation sites (tertiary alicyclic amines) is 1. The maximum absolute atomic E-state index is 12.3. The van der Waals surface area contributed by atoms with Crippen molar-refractivity contribution in [1.29, 1.82) is 0 Å².